The Morgan fingerprint density at radius 2 is 2.00 bits per heavy atom. The lowest BCUT2D eigenvalue weighted by Crippen LogP contribution is -2.52. The molecular weight excluding hydrogens is 342 g/mol. The van der Waals surface area contributed by atoms with E-state index in [9.17, 15) is 19.5 Å². The van der Waals surface area contributed by atoms with Crippen molar-refractivity contribution < 1.29 is 24.2 Å². The van der Waals surface area contributed by atoms with E-state index in [0.717, 1.165) is 11.8 Å². The lowest BCUT2D eigenvalue weighted by atomic mass is 9.97. The second-order valence-electron chi connectivity index (χ2n) is 6.46. The lowest BCUT2D eigenvalue weighted by molar-refractivity contribution is -0.156. The molecule has 1 saturated heterocycles. The number of carbonyl (C=O) groups is 3. The summed E-state index contributed by atoms with van der Waals surface area (Å²) in [7, 11) is 1.51. The number of rotatable bonds is 6. The Kier molecular flexibility index (Phi) is 6.24. The highest BCUT2D eigenvalue weighted by Crippen LogP contribution is 2.33. The summed E-state index contributed by atoms with van der Waals surface area (Å²) in [6.45, 7) is 3.51. The molecule has 0 radical (unpaired) electrons. The molecule has 1 N–H and O–H groups in total. The average molecular weight is 365 g/mol. The van der Waals surface area contributed by atoms with Gasteiger partial charge in [0.15, 0.2) is 0 Å². The minimum absolute atomic E-state index is 0.0996. The summed E-state index contributed by atoms with van der Waals surface area (Å²) in [5.41, 5.74) is -0.691. The van der Waals surface area contributed by atoms with Crippen LogP contribution in [0.3, 0.4) is 0 Å². The van der Waals surface area contributed by atoms with E-state index < -0.39 is 17.4 Å². The van der Waals surface area contributed by atoms with Gasteiger partial charge in [-0.2, -0.15) is 0 Å². The number of nitrogens with zero attached hydrogens (tertiary/aromatic N) is 1. The molecule has 1 aromatic carbocycles. The first-order valence-corrected chi connectivity index (χ1v) is 9.08. The van der Waals surface area contributed by atoms with Crippen LogP contribution in [0.5, 0.6) is 0 Å². The van der Waals surface area contributed by atoms with Crippen molar-refractivity contribution in [3.05, 3.63) is 35.9 Å². The third-order valence-corrected chi connectivity index (χ3v) is 5.73. The lowest BCUT2D eigenvalue weighted by Gasteiger charge is -2.32. The van der Waals surface area contributed by atoms with E-state index in [1.165, 1.54) is 12.0 Å². The third kappa shape index (κ3) is 4.22. The number of ether oxygens (including phenoxy) is 1. The first-order valence-electron chi connectivity index (χ1n) is 8.09. The highest BCUT2D eigenvalue weighted by Gasteiger charge is 2.50. The van der Waals surface area contributed by atoms with Crippen molar-refractivity contribution in [2.24, 2.45) is 5.92 Å². The van der Waals surface area contributed by atoms with Gasteiger partial charge in [-0.1, -0.05) is 49.0 Å². The number of thioether (sulfide) groups is 1. The Bertz CT molecular complexity index is 650. The van der Waals surface area contributed by atoms with E-state index in [-0.39, 0.29) is 30.1 Å². The highest BCUT2D eigenvalue weighted by atomic mass is 32.2. The molecule has 1 aromatic rings. The molecule has 136 valence electrons. The van der Waals surface area contributed by atoms with Crippen LogP contribution in [-0.2, 0) is 14.3 Å². The van der Waals surface area contributed by atoms with Crippen LogP contribution in [0, 0.1) is 5.92 Å². The third-order valence-electron chi connectivity index (χ3n) is 4.56. The van der Waals surface area contributed by atoms with E-state index in [2.05, 4.69) is 0 Å². The standard InChI is InChI=1S/C18H23NO5S/c1-12(11-25-16(21)13-7-5-4-6-8-13)15(20)19-10-14(24-3)9-18(19,2)17(22)23/h4-8,12,14H,9-11H2,1-3H3,(H,22,23)/t12?,14-,18-/m1/s1. The molecule has 0 aliphatic carbocycles. The van der Waals surface area contributed by atoms with E-state index in [1.54, 1.807) is 38.1 Å². The predicted molar refractivity (Wildman–Crippen MR) is 95.6 cm³/mol. The van der Waals surface area contributed by atoms with Gasteiger partial charge in [0.2, 0.25) is 11.0 Å². The van der Waals surface area contributed by atoms with Crippen molar-refractivity contribution in [2.75, 3.05) is 19.4 Å². The molecule has 1 aliphatic heterocycles. The van der Waals surface area contributed by atoms with Crippen LogP contribution in [0.25, 0.3) is 0 Å². The summed E-state index contributed by atoms with van der Waals surface area (Å²) in [5.74, 6) is -1.47. The summed E-state index contributed by atoms with van der Waals surface area (Å²) in [6, 6.07) is 8.87. The number of hydrogen-bond acceptors (Lipinski definition) is 5. The van der Waals surface area contributed by atoms with Gasteiger partial charge in [-0.05, 0) is 6.92 Å². The van der Waals surface area contributed by atoms with E-state index in [4.69, 9.17) is 4.74 Å². The van der Waals surface area contributed by atoms with Crippen LogP contribution >= 0.6 is 11.8 Å². The van der Waals surface area contributed by atoms with Crippen molar-refractivity contribution in [1.29, 1.82) is 0 Å². The van der Waals surface area contributed by atoms with Gasteiger partial charge in [0, 0.05) is 37.3 Å². The Balaban J connectivity index is 2.01. The molecule has 1 amide bonds. The molecule has 6 nitrogen and oxygen atoms in total. The number of carboxylic acid groups (broad SMARTS) is 1. The Labute approximate surface area is 151 Å². The largest absolute Gasteiger partial charge is 0.480 e. The summed E-state index contributed by atoms with van der Waals surface area (Å²) in [4.78, 5) is 38.0. The number of carbonyl (C=O) groups excluding carboxylic acids is 2. The van der Waals surface area contributed by atoms with Crippen molar-refractivity contribution in [3.8, 4) is 0 Å². The zero-order chi connectivity index (χ0) is 18.6. The number of methoxy groups -OCH3 is 1. The van der Waals surface area contributed by atoms with Gasteiger partial charge in [0.05, 0.1) is 6.10 Å². The second-order valence-corrected chi connectivity index (χ2v) is 7.45. The normalized spacial score (nSPS) is 24.1. The number of likely N-dealkylation sites (tertiary alicyclic amines) is 1. The Hall–Kier alpha value is -1.86. The smallest absolute Gasteiger partial charge is 0.329 e. The molecular formula is C18H23NO5S. The van der Waals surface area contributed by atoms with E-state index in [0.29, 0.717) is 11.3 Å². The van der Waals surface area contributed by atoms with Gasteiger partial charge in [-0.25, -0.2) is 4.79 Å². The van der Waals surface area contributed by atoms with E-state index in [1.807, 2.05) is 6.07 Å². The van der Waals surface area contributed by atoms with Gasteiger partial charge in [-0.15, -0.1) is 0 Å². The summed E-state index contributed by atoms with van der Waals surface area (Å²) in [5, 5.41) is 9.45. The molecule has 0 bridgehead atoms. The zero-order valence-corrected chi connectivity index (χ0v) is 15.4. The summed E-state index contributed by atoms with van der Waals surface area (Å²) >= 11 is 1.07. The molecule has 0 saturated carbocycles. The van der Waals surface area contributed by atoms with Gasteiger partial charge in [0.1, 0.15) is 5.54 Å². The van der Waals surface area contributed by atoms with Crippen LogP contribution < -0.4 is 0 Å². The topological polar surface area (TPSA) is 83.9 Å². The van der Waals surface area contributed by atoms with Gasteiger partial charge in [0.25, 0.3) is 0 Å². The minimum atomic E-state index is -1.28. The molecule has 2 rings (SSSR count). The second kappa shape index (κ2) is 8.01. The van der Waals surface area contributed by atoms with Gasteiger partial charge in [-0.3, -0.25) is 9.59 Å². The van der Waals surface area contributed by atoms with Crippen LogP contribution in [0.1, 0.15) is 30.6 Å². The maximum absolute atomic E-state index is 12.8. The predicted octanol–water partition coefficient (Wildman–Crippen LogP) is 2.29. The SMILES string of the molecule is CO[C@H]1CN(C(=O)C(C)CSC(=O)c2ccccc2)[C@@](C)(C(=O)O)C1. The highest BCUT2D eigenvalue weighted by molar-refractivity contribution is 8.14. The fraction of sp³-hybridized carbons (Fsp3) is 0.500. The fourth-order valence-electron chi connectivity index (χ4n) is 2.91. The average Bonchev–Trinajstić information content (AvgIpc) is 2.97. The maximum atomic E-state index is 12.8. The molecule has 1 fully saturated rings. The monoisotopic (exact) mass is 365 g/mol. The van der Waals surface area contributed by atoms with Crippen LogP contribution in [0.2, 0.25) is 0 Å². The number of aliphatic carboxylic acids is 1. The van der Waals surface area contributed by atoms with Crippen LogP contribution in [-0.4, -0.2) is 58.0 Å². The Morgan fingerprint density at radius 3 is 2.56 bits per heavy atom. The van der Waals surface area contributed by atoms with Crippen molar-refractivity contribution in [1.82, 2.24) is 4.90 Å². The van der Waals surface area contributed by atoms with Crippen molar-refractivity contribution >= 4 is 28.8 Å². The van der Waals surface area contributed by atoms with E-state index >= 15 is 0 Å². The molecule has 7 heteroatoms. The number of hydrogen-bond donors (Lipinski definition) is 1. The summed E-state index contributed by atoms with van der Waals surface area (Å²) < 4.78 is 5.26. The van der Waals surface area contributed by atoms with Crippen molar-refractivity contribution in [3.63, 3.8) is 0 Å². The van der Waals surface area contributed by atoms with Crippen molar-refractivity contribution in [2.45, 2.75) is 31.9 Å². The number of carboxylic acids is 1. The van der Waals surface area contributed by atoms with Crippen LogP contribution in [0.4, 0.5) is 0 Å². The minimum Gasteiger partial charge on any atom is -0.480 e. The van der Waals surface area contributed by atoms with Crippen LogP contribution in [0.15, 0.2) is 30.3 Å². The maximum Gasteiger partial charge on any atom is 0.329 e. The molecule has 1 aliphatic rings. The fourth-order valence-corrected chi connectivity index (χ4v) is 3.76. The molecule has 1 heterocycles. The van der Waals surface area contributed by atoms with Gasteiger partial charge < -0.3 is 14.7 Å². The summed E-state index contributed by atoms with van der Waals surface area (Å²) in [6.07, 6.45) is -0.0382. The van der Waals surface area contributed by atoms with Gasteiger partial charge >= 0.3 is 5.97 Å². The molecule has 1 unspecified atom stereocenters. The molecule has 25 heavy (non-hydrogen) atoms. The first kappa shape index (κ1) is 19.5. The number of benzene rings is 1. The molecule has 0 aromatic heterocycles. The molecule has 0 spiro atoms. The quantitative estimate of drug-likeness (QED) is 0.833. The molecule has 3 atom stereocenters. The number of amides is 1. The first-order chi connectivity index (χ1) is 11.8. The zero-order valence-electron chi connectivity index (χ0n) is 14.6. The Morgan fingerprint density at radius 1 is 1.36 bits per heavy atom.